The molecule has 2 aromatic heterocycles. The van der Waals surface area contributed by atoms with Gasteiger partial charge in [0.1, 0.15) is 12.3 Å². The summed E-state index contributed by atoms with van der Waals surface area (Å²) >= 11 is 1.48. The lowest BCUT2D eigenvalue weighted by Gasteiger charge is -2.08. The van der Waals surface area contributed by atoms with Gasteiger partial charge in [0.05, 0.1) is 17.6 Å². The van der Waals surface area contributed by atoms with Crippen molar-refractivity contribution in [1.29, 1.82) is 0 Å². The maximum Gasteiger partial charge on any atom is 0.325 e. The summed E-state index contributed by atoms with van der Waals surface area (Å²) in [7, 11) is 1.47. The highest BCUT2D eigenvalue weighted by molar-refractivity contribution is 7.13. The highest BCUT2D eigenvalue weighted by atomic mass is 32.1. The van der Waals surface area contributed by atoms with Crippen LogP contribution in [0, 0.1) is 0 Å². The van der Waals surface area contributed by atoms with Crippen LogP contribution >= 0.6 is 11.3 Å². The highest BCUT2D eigenvalue weighted by Crippen LogP contribution is 2.21. The fourth-order valence-electron chi connectivity index (χ4n) is 2.09. The van der Waals surface area contributed by atoms with Crippen LogP contribution in [0.2, 0.25) is 0 Å². The maximum absolute atomic E-state index is 12.1. The normalized spacial score (nSPS) is 10.3. The number of hydrogen-bond donors (Lipinski definition) is 1. The number of para-hydroxylation sites is 1. The van der Waals surface area contributed by atoms with Crippen molar-refractivity contribution in [2.24, 2.45) is 0 Å². The molecule has 3 aromatic rings. The van der Waals surface area contributed by atoms with E-state index in [-0.39, 0.29) is 19.0 Å². The van der Waals surface area contributed by atoms with Gasteiger partial charge in [-0.1, -0.05) is 23.4 Å². The Bertz CT molecular complexity index is 891. The summed E-state index contributed by atoms with van der Waals surface area (Å²) in [4.78, 5) is 28.9. The summed E-state index contributed by atoms with van der Waals surface area (Å²) in [5.41, 5.74) is 0.334. The molecule has 1 N–H and O–H groups in total. The third-order valence-corrected chi connectivity index (χ3v) is 4.18. The second-order valence-corrected chi connectivity index (χ2v) is 5.98. The number of rotatable bonds is 7. The summed E-state index contributed by atoms with van der Waals surface area (Å²) in [6, 6.07) is 10.5. The zero-order valence-corrected chi connectivity index (χ0v) is 14.6. The topological polar surface area (TPSA) is 104 Å². The van der Waals surface area contributed by atoms with Gasteiger partial charge in [-0.05, 0) is 23.6 Å². The molecular weight excluding hydrogens is 358 g/mol. The molecule has 3 rings (SSSR count). The monoisotopic (exact) mass is 373 g/mol. The number of hydrogen-bond acceptors (Lipinski definition) is 8. The van der Waals surface area contributed by atoms with Gasteiger partial charge in [0.15, 0.2) is 6.61 Å². The van der Waals surface area contributed by atoms with Gasteiger partial charge in [0.2, 0.25) is 5.82 Å². The molecule has 1 amide bonds. The van der Waals surface area contributed by atoms with Crippen LogP contribution in [0.1, 0.15) is 16.2 Å². The summed E-state index contributed by atoms with van der Waals surface area (Å²) in [6.07, 6.45) is 0. The molecule has 2 heterocycles. The fourth-order valence-corrected chi connectivity index (χ4v) is 2.74. The van der Waals surface area contributed by atoms with E-state index in [0.29, 0.717) is 17.1 Å². The Hall–Kier alpha value is -3.20. The van der Waals surface area contributed by atoms with Crippen molar-refractivity contribution in [3.05, 3.63) is 53.2 Å². The van der Waals surface area contributed by atoms with Gasteiger partial charge >= 0.3 is 5.97 Å². The van der Waals surface area contributed by atoms with Crippen molar-refractivity contribution >= 4 is 23.2 Å². The number of carbonyl (C=O) groups is 2. The number of carbonyl (C=O) groups excluding carboxylic acids is 2. The van der Waals surface area contributed by atoms with E-state index in [4.69, 9.17) is 14.0 Å². The lowest BCUT2D eigenvalue weighted by atomic mass is 10.2. The van der Waals surface area contributed by atoms with Crippen molar-refractivity contribution in [2.75, 3.05) is 13.7 Å². The molecule has 26 heavy (non-hydrogen) atoms. The van der Waals surface area contributed by atoms with Crippen molar-refractivity contribution in [3.63, 3.8) is 0 Å². The van der Waals surface area contributed by atoms with E-state index in [1.807, 2.05) is 17.5 Å². The third-order valence-electron chi connectivity index (χ3n) is 3.31. The van der Waals surface area contributed by atoms with E-state index >= 15 is 0 Å². The Morgan fingerprint density at radius 3 is 2.85 bits per heavy atom. The van der Waals surface area contributed by atoms with Gasteiger partial charge in [-0.15, -0.1) is 11.3 Å². The number of nitrogens with one attached hydrogen (secondary N) is 1. The molecule has 8 nitrogen and oxygen atoms in total. The molecule has 0 saturated carbocycles. The quantitative estimate of drug-likeness (QED) is 0.634. The third kappa shape index (κ3) is 4.25. The number of nitrogens with zero attached hydrogens (tertiary/aromatic N) is 2. The zero-order valence-electron chi connectivity index (χ0n) is 13.8. The van der Waals surface area contributed by atoms with E-state index in [1.165, 1.54) is 18.4 Å². The molecule has 0 unspecified atom stereocenters. The molecule has 0 aliphatic heterocycles. The Balaban J connectivity index is 1.48. The Kier molecular flexibility index (Phi) is 5.59. The van der Waals surface area contributed by atoms with Gasteiger partial charge in [-0.2, -0.15) is 4.98 Å². The number of ether oxygens (including phenoxy) is 2. The number of methoxy groups -OCH3 is 1. The highest BCUT2D eigenvalue weighted by Gasteiger charge is 2.15. The van der Waals surface area contributed by atoms with Crippen LogP contribution in [-0.2, 0) is 16.1 Å². The first kappa shape index (κ1) is 17.6. The van der Waals surface area contributed by atoms with E-state index in [9.17, 15) is 9.59 Å². The predicted octanol–water partition coefficient (Wildman–Crippen LogP) is 2.28. The molecule has 0 aliphatic carbocycles. The molecule has 0 spiro atoms. The standard InChI is InChI=1S/C17H15N3O5S/c1-23-12-6-3-2-5-11(12)17(22)18-9-15(21)24-10-14-19-16(20-25-14)13-7-4-8-26-13/h2-8H,9-10H2,1H3,(H,18,22). The van der Waals surface area contributed by atoms with Crippen molar-refractivity contribution < 1.29 is 23.6 Å². The molecule has 0 saturated heterocycles. The van der Waals surface area contributed by atoms with Crippen LogP contribution in [-0.4, -0.2) is 35.7 Å². The van der Waals surface area contributed by atoms with E-state index < -0.39 is 11.9 Å². The second-order valence-electron chi connectivity index (χ2n) is 5.03. The second kappa shape index (κ2) is 8.26. The molecule has 0 radical (unpaired) electrons. The number of thiophene rings is 1. The summed E-state index contributed by atoms with van der Waals surface area (Å²) in [5.74, 6) is -0.0139. The van der Waals surface area contributed by atoms with Crippen LogP contribution in [0.15, 0.2) is 46.3 Å². The van der Waals surface area contributed by atoms with Gasteiger partial charge < -0.3 is 19.3 Å². The van der Waals surface area contributed by atoms with Crippen LogP contribution in [0.5, 0.6) is 5.75 Å². The van der Waals surface area contributed by atoms with E-state index in [2.05, 4.69) is 15.5 Å². The number of benzene rings is 1. The van der Waals surface area contributed by atoms with Crippen LogP contribution < -0.4 is 10.1 Å². The van der Waals surface area contributed by atoms with Gasteiger partial charge in [0, 0.05) is 0 Å². The van der Waals surface area contributed by atoms with Crippen LogP contribution in [0.3, 0.4) is 0 Å². The van der Waals surface area contributed by atoms with E-state index in [1.54, 1.807) is 24.3 Å². The largest absolute Gasteiger partial charge is 0.496 e. The van der Waals surface area contributed by atoms with Crippen molar-refractivity contribution in [1.82, 2.24) is 15.5 Å². The Morgan fingerprint density at radius 2 is 2.08 bits per heavy atom. The molecular formula is C17H15N3O5S. The molecule has 134 valence electrons. The Morgan fingerprint density at radius 1 is 1.23 bits per heavy atom. The van der Waals surface area contributed by atoms with Gasteiger partial charge in [-0.3, -0.25) is 9.59 Å². The average Bonchev–Trinajstić information content (AvgIpc) is 3.35. The van der Waals surface area contributed by atoms with E-state index in [0.717, 1.165) is 4.88 Å². The minimum atomic E-state index is -0.621. The summed E-state index contributed by atoms with van der Waals surface area (Å²) in [5, 5.41) is 8.20. The zero-order chi connectivity index (χ0) is 18.4. The molecule has 0 atom stereocenters. The number of amides is 1. The van der Waals surface area contributed by atoms with Crippen LogP contribution in [0.25, 0.3) is 10.7 Å². The van der Waals surface area contributed by atoms with Crippen molar-refractivity contribution in [3.8, 4) is 16.5 Å². The smallest absolute Gasteiger partial charge is 0.325 e. The lowest BCUT2D eigenvalue weighted by Crippen LogP contribution is -2.30. The first-order valence-electron chi connectivity index (χ1n) is 7.60. The minimum absolute atomic E-state index is 0.165. The minimum Gasteiger partial charge on any atom is -0.496 e. The van der Waals surface area contributed by atoms with Crippen molar-refractivity contribution in [2.45, 2.75) is 6.61 Å². The molecule has 1 aromatic carbocycles. The summed E-state index contributed by atoms with van der Waals surface area (Å²) < 4.78 is 15.2. The lowest BCUT2D eigenvalue weighted by molar-refractivity contribution is -0.144. The molecule has 0 fully saturated rings. The predicted molar refractivity (Wildman–Crippen MR) is 92.7 cm³/mol. The first-order chi connectivity index (χ1) is 12.7. The summed E-state index contributed by atoms with van der Waals surface area (Å²) in [6.45, 7) is -0.454. The first-order valence-corrected chi connectivity index (χ1v) is 8.48. The van der Waals surface area contributed by atoms with Gasteiger partial charge in [0.25, 0.3) is 11.8 Å². The number of esters is 1. The number of aromatic nitrogens is 2. The van der Waals surface area contributed by atoms with Crippen LogP contribution in [0.4, 0.5) is 0 Å². The average molecular weight is 373 g/mol. The Labute approximate surface area is 152 Å². The molecule has 0 bridgehead atoms. The molecule has 9 heteroatoms. The van der Waals surface area contributed by atoms with Gasteiger partial charge in [-0.25, -0.2) is 0 Å². The maximum atomic E-state index is 12.1. The fraction of sp³-hybridized carbons (Fsp3) is 0.176. The SMILES string of the molecule is COc1ccccc1C(=O)NCC(=O)OCc1nc(-c2cccs2)no1. The molecule has 0 aliphatic rings.